The average molecular weight is 268 g/mol. The minimum Gasteiger partial charge on any atom is -0.448 e. The molecule has 0 amide bonds. The molecule has 2 aromatic rings. The van der Waals surface area contributed by atoms with E-state index in [1.54, 1.807) is 17.8 Å². The Balaban J connectivity index is 2.19. The molecule has 1 atom stereocenters. The number of ether oxygens (including phenoxy) is 1. The molecule has 1 unspecified atom stereocenters. The van der Waals surface area contributed by atoms with Gasteiger partial charge in [-0.3, -0.25) is 0 Å². The Kier molecular flexibility index (Phi) is 4.56. The molecular formula is C16H16N2O2. The Hall–Kier alpha value is -2.54. The average Bonchev–Trinajstić information content (AvgIpc) is 2.97. The van der Waals surface area contributed by atoms with Gasteiger partial charge in [0.2, 0.25) is 0 Å². The van der Waals surface area contributed by atoms with E-state index < -0.39 is 5.97 Å². The highest BCUT2D eigenvalue weighted by Gasteiger charge is 2.17. The maximum absolute atomic E-state index is 12.0. The first-order valence-corrected chi connectivity index (χ1v) is 6.37. The van der Waals surface area contributed by atoms with Crippen molar-refractivity contribution in [3.05, 3.63) is 54.1 Å². The van der Waals surface area contributed by atoms with Crippen LogP contribution in [0.1, 0.15) is 35.9 Å². The molecule has 0 aliphatic rings. The predicted molar refractivity (Wildman–Crippen MR) is 76.2 cm³/mol. The van der Waals surface area contributed by atoms with Gasteiger partial charge in [0.05, 0.1) is 18.6 Å². The van der Waals surface area contributed by atoms with Gasteiger partial charge in [-0.25, -0.2) is 9.78 Å². The van der Waals surface area contributed by atoms with Gasteiger partial charge in [-0.1, -0.05) is 36.3 Å². The number of carbonyl (C=O) groups excluding carboxylic acids is 1. The molecule has 1 heterocycles. The molecule has 1 aromatic heterocycles. The van der Waals surface area contributed by atoms with E-state index in [9.17, 15) is 4.79 Å². The lowest BCUT2D eigenvalue weighted by Gasteiger charge is -2.16. The molecule has 0 aliphatic heterocycles. The Morgan fingerprint density at radius 1 is 1.40 bits per heavy atom. The fraction of sp³-hybridized carbons (Fsp3) is 0.250. The number of aromatic nitrogens is 2. The van der Waals surface area contributed by atoms with Crippen LogP contribution in [0.5, 0.6) is 0 Å². The summed E-state index contributed by atoms with van der Waals surface area (Å²) in [5, 5.41) is 0. The van der Waals surface area contributed by atoms with Gasteiger partial charge in [0.25, 0.3) is 0 Å². The molecule has 0 radical (unpaired) electrons. The number of nitrogens with zero attached hydrogens (tertiary/aromatic N) is 2. The van der Waals surface area contributed by atoms with Crippen LogP contribution in [0, 0.1) is 11.8 Å². The van der Waals surface area contributed by atoms with Crippen molar-refractivity contribution in [3.8, 4) is 11.8 Å². The second-order valence-electron chi connectivity index (χ2n) is 4.28. The monoisotopic (exact) mass is 268 g/mol. The fourth-order valence-corrected chi connectivity index (χ4v) is 1.91. The van der Waals surface area contributed by atoms with Gasteiger partial charge >= 0.3 is 5.97 Å². The van der Waals surface area contributed by atoms with E-state index in [0.717, 1.165) is 5.56 Å². The molecule has 4 nitrogen and oxygen atoms in total. The van der Waals surface area contributed by atoms with Crippen molar-refractivity contribution in [1.82, 2.24) is 9.55 Å². The third-order valence-corrected chi connectivity index (χ3v) is 3.03. The van der Waals surface area contributed by atoms with Crippen LogP contribution in [0.2, 0.25) is 0 Å². The number of benzene rings is 1. The highest BCUT2D eigenvalue weighted by molar-refractivity contribution is 5.87. The van der Waals surface area contributed by atoms with E-state index in [1.165, 1.54) is 6.20 Å². The predicted octanol–water partition coefficient (Wildman–Crippen LogP) is 2.67. The smallest absolute Gasteiger partial charge is 0.357 e. The molecule has 1 aromatic carbocycles. The molecule has 0 spiro atoms. The number of rotatable bonds is 4. The van der Waals surface area contributed by atoms with Crippen LogP contribution in [0.15, 0.2) is 42.9 Å². The molecule has 102 valence electrons. The maximum Gasteiger partial charge on any atom is 0.357 e. The Bertz CT molecular complexity index is 635. The molecule has 0 N–H and O–H groups in total. The van der Waals surface area contributed by atoms with Crippen LogP contribution in [0.4, 0.5) is 0 Å². The van der Waals surface area contributed by atoms with E-state index in [2.05, 4.69) is 16.8 Å². The molecule has 0 saturated carbocycles. The Morgan fingerprint density at radius 3 is 2.85 bits per heavy atom. The lowest BCUT2D eigenvalue weighted by molar-refractivity contribution is 0.0543. The number of imidazole rings is 1. The number of hydrogen-bond donors (Lipinski definition) is 0. The summed E-state index contributed by atoms with van der Waals surface area (Å²) in [5.41, 5.74) is 1.53. The second-order valence-corrected chi connectivity index (χ2v) is 4.28. The summed E-state index contributed by atoms with van der Waals surface area (Å²) in [4.78, 5) is 16.0. The fourth-order valence-electron chi connectivity index (χ4n) is 1.91. The van der Waals surface area contributed by atoms with E-state index >= 15 is 0 Å². The first kappa shape index (κ1) is 13.9. The summed E-state index contributed by atoms with van der Waals surface area (Å²) in [6.07, 6.45) is 3.15. The van der Waals surface area contributed by atoms with E-state index in [0.29, 0.717) is 5.69 Å². The van der Waals surface area contributed by atoms with Gasteiger partial charge in [-0.15, -0.1) is 5.92 Å². The molecule has 0 fully saturated rings. The summed E-state index contributed by atoms with van der Waals surface area (Å²) in [5.74, 6) is 4.97. The summed E-state index contributed by atoms with van der Waals surface area (Å²) >= 11 is 0. The van der Waals surface area contributed by atoms with Gasteiger partial charge in [0.15, 0.2) is 6.61 Å². The van der Waals surface area contributed by atoms with Crippen molar-refractivity contribution < 1.29 is 9.53 Å². The molecule has 20 heavy (non-hydrogen) atoms. The molecule has 0 bridgehead atoms. The van der Waals surface area contributed by atoms with Crippen molar-refractivity contribution in [1.29, 1.82) is 0 Å². The summed E-state index contributed by atoms with van der Waals surface area (Å²) < 4.78 is 6.88. The Morgan fingerprint density at radius 2 is 2.15 bits per heavy atom. The van der Waals surface area contributed by atoms with Crippen LogP contribution >= 0.6 is 0 Å². The molecular weight excluding hydrogens is 252 g/mol. The van der Waals surface area contributed by atoms with Gasteiger partial charge in [0.1, 0.15) is 5.69 Å². The normalized spacial score (nSPS) is 11.3. The van der Waals surface area contributed by atoms with E-state index in [4.69, 9.17) is 4.74 Å². The topological polar surface area (TPSA) is 44.1 Å². The summed E-state index contributed by atoms with van der Waals surface area (Å²) in [6, 6.07) is 9.95. The molecule has 2 rings (SSSR count). The third-order valence-electron chi connectivity index (χ3n) is 3.03. The summed E-state index contributed by atoms with van der Waals surface area (Å²) in [6.45, 7) is 3.81. The van der Waals surface area contributed by atoms with E-state index in [-0.39, 0.29) is 12.6 Å². The summed E-state index contributed by atoms with van der Waals surface area (Å²) in [7, 11) is 0. The highest BCUT2D eigenvalue weighted by atomic mass is 16.5. The molecule has 0 saturated heterocycles. The van der Waals surface area contributed by atoms with Gasteiger partial charge in [-0.05, 0) is 19.4 Å². The third kappa shape index (κ3) is 3.07. The second kappa shape index (κ2) is 6.58. The van der Waals surface area contributed by atoms with Crippen molar-refractivity contribution >= 4 is 5.97 Å². The van der Waals surface area contributed by atoms with Crippen molar-refractivity contribution in [2.75, 3.05) is 6.61 Å². The van der Waals surface area contributed by atoms with Crippen LogP contribution < -0.4 is 0 Å². The number of hydrogen-bond acceptors (Lipinski definition) is 3. The van der Waals surface area contributed by atoms with Crippen LogP contribution in [0.25, 0.3) is 0 Å². The van der Waals surface area contributed by atoms with Crippen LogP contribution in [-0.2, 0) is 4.74 Å². The zero-order chi connectivity index (χ0) is 14.4. The van der Waals surface area contributed by atoms with E-state index in [1.807, 2.05) is 37.3 Å². The van der Waals surface area contributed by atoms with Crippen molar-refractivity contribution in [3.63, 3.8) is 0 Å². The zero-order valence-corrected chi connectivity index (χ0v) is 11.5. The minimum atomic E-state index is -0.409. The quantitative estimate of drug-likeness (QED) is 0.632. The molecule has 0 aliphatic carbocycles. The maximum atomic E-state index is 12.0. The van der Waals surface area contributed by atoms with Gasteiger partial charge in [0, 0.05) is 0 Å². The highest BCUT2D eigenvalue weighted by Crippen LogP contribution is 2.19. The lowest BCUT2D eigenvalue weighted by atomic mass is 10.1. The van der Waals surface area contributed by atoms with Gasteiger partial charge in [-0.2, -0.15) is 0 Å². The van der Waals surface area contributed by atoms with Gasteiger partial charge < -0.3 is 9.30 Å². The minimum absolute atomic E-state index is 0.0125. The zero-order valence-electron chi connectivity index (χ0n) is 11.5. The SMILES string of the molecule is CC#CCOC(=O)c1cncn1C(C)c1ccccc1. The number of esters is 1. The van der Waals surface area contributed by atoms with Crippen LogP contribution in [0.3, 0.4) is 0 Å². The largest absolute Gasteiger partial charge is 0.448 e. The first-order chi connectivity index (χ1) is 9.74. The standard InChI is InChI=1S/C16H16N2O2/c1-3-4-10-20-16(19)15-11-17-12-18(15)13(2)14-8-6-5-7-9-14/h5-9,11-13H,10H2,1-2H3. The van der Waals surface area contributed by atoms with Crippen LogP contribution in [-0.4, -0.2) is 22.1 Å². The van der Waals surface area contributed by atoms with Crippen molar-refractivity contribution in [2.24, 2.45) is 0 Å². The van der Waals surface area contributed by atoms with Crippen molar-refractivity contribution in [2.45, 2.75) is 19.9 Å². The number of carbonyl (C=O) groups is 1. The first-order valence-electron chi connectivity index (χ1n) is 6.37. The Labute approximate surface area is 118 Å². The lowest BCUT2D eigenvalue weighted by Crippen LogP contribution is -2.15. The molecule has 4 heteroatoms.